The van der Waals surface area contributed by atoms with Crippen molar-refractivity contribution in [2.45, 2.75) is 13.1 Å². The second-order valence-corrected chi connectivity index (χ2v) is 6.42. The minimum Gasteiger partial charge on any atom is -0.480 e. The smallest absolute Gasteiger partial charge is 0.325 e. The summed E-state index contributed by atoms with van der Waals surface area (Å²) >= 11 is 3.14. The standard InChI is InChI=1S/C16H11BrFN3O5/c17-10-2-1-9(13(18)5-10)7-20-16(24)12-6-11(21(25)26)3-4-14(12)19(20)8-15(22)23/h1-6H,7-8H2,(H,22,23). The van der Waals surface area contributed by atoms with Gasteiger partial charge in [0.2, 0.25) is 0 Å². The highest BCUT2D eigenvalue weighted by Gasteiger charge is 2.19. The number of carboxylic acids is 1. The summed E-state index contributed by atoms with van der Waals surface area (Å²) in [5.74, 6) is -1.77. The minimum atomic E-state index is -1.20. The lowest BCUT2D eigenvalue weighted by Crippen LogP contribution is -2.26. The van der Waals surface area contributed by atoms with Crippen molar-refractivity contribution < 1.29 is 19.2 Å². The highest BCUT2D eigenvalue weighted by Crippen LogP contribution is 2.21. The van der Waals surface area contributed by atoms with Crippen molar-refractivity contribution in [2.24, 2.45) is 0 Å². The summed E-state index contributed by atoms with van der Waals surface area (Å²) < 4.78 is 16.9. The van der Waals surface area contributed by atoms with Gasteiger partial charge in [0.25, 0.3) is 11.2 Å². The molecule has 0 aliphatic carbocycles. The SMILES string of the molecule is O=C(O)Cn1c2ccc([N+](=O)[O-])cc2c(=O)n1Cc1ccc(Br)cc1F. The number of hydrogen-bond donors (Lipinski definition) is 1. The molecular formula is C16H11BrFN3O5. The van der Waals surface area contributed by atoms with Crippen molar-refractivity contribution in [1.82, 2.24) is 9.36 Å². The summed E-state index contributed by atoms with van der Waals surface area (Å²) in [4.78, 5) is 34.2. The molecule has 10 heteroatoms. The van der Waals surface area contributed by atoms with Gasteiger partial charge in [0.1, 0.15) is 12.4 Å². The largest absolute Gasteiger partial charge is 0.480 e. The Morgan fingerprint density at radius 3 is 2.58 bits per heavy atom. The average Bonchev–Trinajstić information content (AvgIpc) is 2.82. The van der Waals surface area contributed by atoms with E-state index in [1.54, 1.807) is 6.07 Å². The zero-order valence-corrected chi connectivity index (χ0v) is 14.6. The maximum Gasteiger partial charge on any atom is 0.325 e. The predicted molar refractivity (Wildman–Crippen MR) is 93.7 cm³/mol. The molecule has 0 unspecified atom stereocenters. The number of rotatable bonds is 5. The fourth-order valence-electron chi connectivity index (χ4n) is 2.68. The molecule has 26 heavy (non-hydrogen) atoms. The highest BCUT2D eigenvalue weighted by molar-refractivity contribution is 9.10. The van der Waals surface area contributed by atoms with Crippen LogP contribution in [0.4, 0.5) is 10.1 Å². The Kier molecular flexibility index (Phi) is 4.60. The minimum absolute atomic E-state index is 0.00188. The third-order valence-corrected chi connectivity index (χ3v) is 4.34. The summed E-state index contributed by atoms with van der Waals surface area (Å²) in [6, 6.07) is 7.88. The van der Waals surface area contributed by atoms with Crippen LogP contribution >= 0.6 is 15.9 Å². The van der Waals surface area contributed by atoms with Crippen LogP contribution in [0.3, 0.4) is 0 Å². The Morgan fingerprint density at radius 1 is 1.23 bits per heavy atom. The lowest BCUT2D eigenvalue weighted by Gasteiger charge is -2.11. The molecule has 3 rings (SSSR count). The lowest BCUT2D eigenvalue weighted by molar-refractivity contribution is -0.384. The van der Waals surface area contributed by atoms with E-state index in [9.17, 15) is 24.1 Å². The monoisotopic (exact) mass is 423 g/mol. The van der Waals surface area contributed by atoms with Crippen LogP contribution in [0.25, 0.3) is 10.9 Å². The second-order valence-electron chi connectivity index (χ2n) is 5.51. The molecule has 0 spiro atoms. The van der Waals surface area contributed by atoms with E-state index in [0.717, 1.165) is 10.7 Å². The molecule has 0 aliphatic heterocycles. The van der Waals surface area contributed by atoms with Gasteiger partial charge in [-0.1, -0.05) is 22.0 Å². The summed E-state index contributed by atoms with van der Waals surface area (Å²) in [6.45, 7) is -0.762. The molecule has 8 nitrogen and oxygen atoms in total. The number of fused-ring (bicyclic) bond motifs is 1. The number of nitrogens with zero attached hydrogens (tertiary/aromatic N) is 3. The summed E-state index contributed by atoms with van der Waals surface area (Å²) in [5, 5.41) is 20.1. The summed E-state index contributed by atoms with van der Waals surface area (Å²) in [6.07, 6.45) is 0. The third-order valence-electron chi connectivity index (χ3n) is 3.85. The van der Waals surface area contributed by atoms with Crippen LogP contribution < -0.4 is 5.56 Å². The van der Waals surface area contributed by atoms with Crippen LogP contribution in [0.2, 0.25) is 0 Å². The molecule has 3 aromatic rings. The van der Waals surface area contributed by atoms with E-state index in [0.29, 0.717) is 4.47 Å². The first-order valence-electron chi connectivity index (χ1n) is 7.31. The number of carboxylic acid groups (broad SMARTS) is 1. The Balaban J connectivity index is 2.21. The van der Waals surface area contributed by atoms with Crippen LogP contribution in [0.15, 0.2) is 45.7 Å². The average molecular weight is 424 g/mol. The van der Waals surface area contributed by atoms with Crippen LogP contribution in [0.5, 0.6) is 0 Å². The number of nitro benzene ring substituents is 1. The molecule has 0 aliphatic rings. The Bertz CT molecular complexity index is 1110. The first-order valence-corrected chi connectivity index (χ1v) is 8.10. The molecule has 0 bridgehead atoms. The number of non-ortho nitro benzene ring substituents is 1. The van der Waals surface area contributed by atoms with E-state index in [-0.39, 0.29) is 28.7 Å². The molecule has 134 valence electrons. The topological polar surface area (TPSA) is 107 Å². The van der Waals surface area contributed by atoms with Gasteiger partial charge in [0.05, 0.1) is 22.4 Å². The van der Waals surface area contributed by atoms with Crippen molar-refractivity contribution in [3.63, 3.8) is 0 Å². The van der Waals surface area contributed by atoms with Crippen LogP contribution in [0, 0.1) is 15.9 Å². The molecule has 1 heterocycles. The molecule has 0 amide bonds. The quantitative estimate of drug-likeness (QED) is 0.501. The van der Waals surface area contributed by atoms with E-state index in [2.05, 4.69) is 15.9 Å². The number of nitro groups is 1. The van der Waals surface area contributed by atoms with Crippen molar-refractivity contribution in [1.29, 1.82) is 0 Å². The normalized spacial score (nSPS) is 11.0. The molecular weight excluding hydrogens is 413 g/mol. The van der Waals surface area contributed by atoms with Gasteiger partial charge in [-0.05, 0) is 18.2 Å². The fraction of sp³-hybridized carbons (Fsp3) is 0.125. The number of hydrogen-bond acceptors (Lipinski definition) is 4. The summed E-state index contributed by atoms with van der Waals surface area (Å²) in [5.41, 5.74) is -0.518. The number of aliphatic carboxylic acids is 1. The van der Waals surface area contributed by atoms with Gasteiger partial charge in [-0.15, -0.1) is 0 Å². The van der Waals surface area contributed by atoms with Gasteiger partial charge in [-0.25, -0.2) is 9.07 Å². The molecule has 1 N–H and O–H groups in total. The van der Waals surface area contributed by atoms with E-state index in [1.807, 2.05) is 0 Å². The zero-order chi connectivity index (χ0) is 19.0. The van der Waals surface area contributed by atoms with E-state index < -0.39 is 28.8 Å². The first kappa shape index (κ1) is 17.8. The van der Waals surface area contributed by atoms with E-state index in [4.69, 9.17) is 5.11 Å². The highest BCUT2D eigenvalue weighted by atomic mass is 79.9. The Hall–Kier alpha value is -3.01. The van der Waals surface area contributed by atoms with E-state index >= 15 is 0 Å². The van der Waals surface area contributed by atoms with Gasteiger partial charge in [-0.2, -0.15) is 0 Å². The van der Waals surface area contributed by atoms with E-state index in [1.165, 1.54) is 28.9 Å². The van der Waals surface area contributed by atoms with Gasteiger partial charge in [-0.3, -0.25) is 24.4 Å². The molecule has 0 atom stereocenters. The van der Waals surface area contributed by atoms with Crippen molar-refractivity contribution in [3.8, 4) is 0 Å². The molecule has 0 radical (unpaired) electrons. The Morgan fingerprint density at radius 2 is 1.96 bits per heavy atom. The van der Waals surface area contributed by atoms with Gasteiger partial charge >= 0.3 is 5.97 Å². The van der Waals surface area contributed by atoms with Crippen molar-refractivity contribution in [2.75, 3.05) is 0 Å². The second kappa shape index (κ2) is 6.71. The van der Waals surface area contributed by atoms with Crippen LogP contribution in [-0.4, -0.2) is 25.4 Å². The Labute approximate surface area is 153 Å². The number of halogens is 2. The van der Waals surface area contributed by atoms with Gasteiger partial charge in [0.15, 0.2) is 0 Å². The van der Waals surface area contributed by atoms with Gasteiger partial charge in [0, 0.05) is 22.2 Å². The molecule has 2 aromatic carbocycles. The van der Waals surface area contributed by atoms with Crippen molar-refractivity contribution in [3.05, 3.63) is 72.7 Å². The third kappa shape index (κ3) is 3.23. The predicted octanol–water partition coefficient (Wildman–Crippen LogP) is 2.75. The molecule has 0 saturated carbocycles. The zero-order valence-electron chi connectivity index (χ0n) is 13.1. The first-order chi connectivity index (χ1) is 12.3. The maximum absolute atomic E-state index is 14.1. The maximum atomic E-state index is 14.1. The number of benzene rings is 2. The van der Waals surface area contributed by atoms with Crippen molar-refractivity contribution >= 4 is 38.5 Å². The fourth-order valence-corrected chi connectivity index (χ4v) is 3.01. The molecule has 0 fully saturated rings. The molecule has 1 aromatic heterocycles. The van der Waals surface area contributed by atoms with Crippen LogP contribution in [0.1, 0.15) is 5.56 Å². The number of carbonyl (C=O) groups is 1. The number of aromatic nitrogens is 2. The summed E-state index contributed by atoms with van der Waals surface area (Å²) in [7, 11) is 0. The van der Waals surface area contributed by atoms with Gasteiger partial charge < -0.3 is 5.11 Å². The molecule has 0 saturated heterocycles. The lowest BCUT2D eigenvalue weighted by atomic mass is 10.2. The van der Waals surface area contributed by atoms with Crippen LogP contribution in [-0.2, 0) is 17.9 Å².